The van der Waals surface area contributed by atoms with Crippen LogP contribution in [0.1, 0.15) is 15.9 Å². The number of carbonyl (C=O) groups excluding carboxylic acids is 1. The van der Waals surface area contributed by atoms with Gasteiger partial charge < -0.3 is 4.90 Å². The Kier molecular flexibility index (Phi) is 6.87. The summed E-state index contributed by atoms with van der Waals surface area (Å²) < 4.78 is 41.2. The molecule has 7 heteroatoms. The van der Waals surface area contributed by atoms with E-state index in [9.17, 15) is 17.6 Å². The molecule has 0 spiro atoms. The first kappa shape index (κ1) is 22.2. The van der Waals surface area contributed by atoms with Crippen molar-refractivity contribution in [3.8, 4) is 0 Å². The Labute approximate surface area is 182 Å². The highest BCUT2D eigenvalue weighted by atomic mass is 32.2. The molecule has 3 rings (SSSR count). The lowest BCUT2D eigenvalue weighted by atomic mass is 10.1. The summed E-state index contributed by atoms with van der Waals surface area (Å²) in [5.74, 6) is -0.667. The highest BCUT2D eigenvalue weighted by Gasteiger charge is 2.24. The Bertz CT molecular complexity index is 1160. The Morgan fingerprint density at radius 3 is 2.19 bits per heavy atom. The van der Waals surface area contributed by atoms with Crippen LogP contribution < -0.4 is 4.31 Å². The van der Waals surface area contributed by atoms with Gasteiger partial charge >= 0.3 is 0 Å². The molecule has 0 aliphatic rings. The zero-order valence-electron chi connectivity index (χ0n) is 17.1. The minimum absolute atomic E-state index is 0.0811. The zero-order valence-corrected chi connectivity index (χ0v) is 17.9. The molecule has 0 saturated carbocycles. The topological polar surface area (TPSA) is 57.7 Å². The fraction of sp³-hybridized carbons (Fsp3) is 0.125. The zero-order chi connectivity index (χ0) is 22.4. The second-order valence-corrected chi connectivity index (χ2v) is 8.80. The molecular weight excluding hydrogens is 415 g/mol. The van der Waals surface area contributed by atoms with Crippen LogP contribution in [0.5, 0.6) is 0 Å². The first-order chi connectivity index (χ1) is 14.8. The smallest absolute Gasteiger partial charge is 0.264 e. The maximum atomic E-state index is 13.9. The van der Waals surface area contributed by atoms with Crippen molar-refractivity contribution in [2.75, 3.05) is 17.9 Å². The number of hydrogen-bond donors (Lipinski definition) is 0. The van der Waals surface area contributed by atoms with Gasteiger partial charge in [-0.05, 0) is 42.5 Å². The quantitative estimate of drug-likeness (QED) is 0.487. The van der Waals surface area contributed by atoms with Crippen LogP contribution in [0, 0.1) is 5.82 Å². The van der Waals surface area contributed by atoms with Gasteiger partial charge in [-0.1, -0.05) is 42.5 Å². The number of carbonyl (C=O) groups is 1. The molecule has 0 unspecified atom stereocenters. The molecule has 0 radical (unpaired) electrons. The lowest BCUT2D eigenvalue weighted by molar-refractivity contribution is 0.0784. The van der Waals surface area contributed by atoms with E-state index in [-0.39, 0.29) is 29.7 Å². The van der Waals surface area contributed by atoms with Gasteiger partial charge in [0, 0.05) is 24.7 Å². The third kappa shape index (κ3) is 5.00. The van der Waals surface area contributed by atoms with E-state index in [1.807, 2.05) is 0 Å². The molecule has 5 nitrogen and oxygen atoms in total. The van der Waals surface area contributed by atoms with Gasteiger partial charge in [0.2, 0.25) is 0 Å². The second-order valence-electron chi connectivity index (χ2n) is 6.94. The predicted octanol–water partition coefficient (Wildman–Crippen LogP) is 4.48. The van der Waals surface area contributed by atoms with E-state index >= 15 is 0 Å². The van der Waals surface area contributed by atoms with Crippen LogP contribution in [-0.2, 0) is 16.6 Å². The van der Waals surface area contributed by atoms with Crippen molar-refractivity contribution < 1.29 is 17.6 Å². The summed E-state index contributed by atoms with van der Waals surface area (Å²) in [6.07, 6.45) is 1.50. The Balaban J connectivity index is 1.82. The van der Waals surface area contributed by atoms with E-state index < -0.39 is 10.0 Å². The molecule has 0 aliphatic heterocycles. The molecule has 160 valence electrons. The monoisotopic (exact) mass is 438 g/mol. The van der Waals surface area contributed by atoms with E-state index in [4.69, 9.17) is 0 Å². The van der Waals surface area contributed by atoms with Gasteiger partial charge in [0.05, 0.1) is 17.1 Å². The van der Waals surface area contributed by atoms with Crippen molar-refractivity contribution in [3.63, 3.8) is 0 Å². The van der Waals surface area contributed by atoms with Crippen molar-refractivity contribution in [1.29, 1.82) is 0 Å². The lowest BCUT2D eigenvalue weighted by Crippen LogP contribution is -2.31. The molecule has 0 fully saturated rings. The van der Waals surface area contributed by atoms with Crippen molar-refractivity contribution in [2.24, 2.45) is 0 Å². The summed E-state index contributed by atoms with van der Waals surface area (Å²) in [6.45, 7) is 3.86. The highest BCUT2D eigenvalue weighted by molar-refractivity contribution is 7.92. The fourth-order valence-electron chi connectivity index (χ4n) is 3.12. The van der Waals surface area contributed by atoms with Gasteiger partial charge in [-0.2, -0.15) is 0 Å². The maximum absolute atomic E-state index is 13.9. The van der Waals surface area contributed by atoms with Crippen LogP contribution in [0.2, 0.25) is 0 Å². The van der Waals surface area contributed by atoms with E-state index in [1.165, 1.54) is 33.5 Å². The number of amides is 1. The summed E-state index contributed by atoms with van der Waals surface area (Å²) in [6, 6.07) is 20.7. The number of hydrogen-bond acceptors (Lipinski definition) is 3. The molecule has 0 aromatic heterocycles. The van der Waals surface area contributed by atoms with Gasteiger partial charge in [0.1, 0.15) is 5.82 Å². The maximum Gasteiger partial charge on any atom is 0.264 e. The number of rotatable bonds is 8. The van der Waals surface area contributed by atoms with Crippen LogP contribution in [0.25, 0.3) is 0 Å². The van der Waals surface area contributed by atoms with Gasteiger partial charge in [0.25, 0.3) is 15.9 Å². The number of nitrogens with zero attached hydrogens (tertiary/aromatic N) is 2. The van der Waals surface area contributed by atoms with E-state index in [0.29, 0.717) is 16.8 Å². The largest absolute Gasteiger partial charge is 0.337 e. The molecule has 0 atom stereocenters. The van der Waals surface area contributed by atoms with Crippen LogP contribution in [-0.4, -0.2) is 32.8 Å². The molecule has 3 aromatic carbocycles. The molecule has 3 aromatic rings. The van der Waals surface area contributed by atoms with Gasteiger partial charge in [-0.15, -0.1) is 6.58 Å². The number of halogens is 1. The van der Waals surface area contributed by atoms with Gasteiger partial charge in [0.15, 0.2) is 0 Å². The second kappa shape index (κ2) is 9.57. The number of benzene rings is 3. The average Bonchev–Trinajstić information content (AvgIpc) is 2.79. The minimum atomic E-state index is -3.79. The highest BCUT2D eigenvalue weighted by Crippen LogP contribution is 2.24. The van der Waals surface area contributed by atoms with Crippen LogP contribution in [0.3, 0.4) is 0 Å². The summed E-state index contributed by atoms with van der Waals surface area (Å²) in [7, 11) is -2.20. The fourth-order valence-corrected chi connectivity index (χ4v) is 4.58. The molecule has 0 aliphatic carbocycles. The Hall–Kier alpha value is -3.45. The van der Waals surface area contributed by atoms with Crippen molar-refractivity contribution >= 4 is 21.6 Å². The summed E-state index contributed by atoms with van der Waals surface area (Å²) in [5, 5.41) is 0. The normalized spacial score (nSPS) is 11.0. The van der Waals surface area contributed by atoms with Crippen LogP contribution in [0.4, 0.5) is 10.1 Å². The lowest BCUT2D eigenvalue weighted by Gasteiger charge is -2.24. The molecule has 0 bridgehead atoms. The van der Waals surface area contributed by atoms with Crippen molar-refractivity contribution in [3.05, 3.63) is 108 Å². The number of anilines is 1. The molecule has 1 amide bonds. The molecular formula is C24H23FN2O3S. The van der Waals surface area contributed by atoms with Gasteiger partial charge in [-0.25, -0.2) is 12.8 Å². The third-order valence-electron chi connectivity index (χ3n) is 4.74. The van der Waals surface area contributed by atoms with E-state index in [2.05, 4.69) is 6.58 Å². The molecule has 0 saturated heterocycles. The van der Waals surface area contributed by atoms with Crippen LogP contribution >= 0.6 is 0 Å². The van der Waals surface area contributed by atoms with Gasteiger partial charge in [-0.3, -0.25) is 9.10 Å². The van der Waals surface area contributed by atoms with Crippen LogP contribution in [0.15, 0.2) is 96.4 Å². The Morgan fingerprint density at radius 2 is 1.58 bits per heavy atom. The summed E-state index contributed by atoms with van der Waals surface area (Å²) in [4.78, 5) is 14.3. The SMILES string of the molecule is C=CCN(c1ccc(C(=O)N(C)Cc2ccccc2F)cc1)S(=O)(=O)c1ccccc1. The van der Waals surface area contributed by atoms with E-state index in [1.54, 1.807) is 67.7 Å². The van der Waals surface area contributed by atoms with Crippen molar-refractivity contribution in [1.82, 2.24) is 4.90 Å². The predicted molar refractivity (Wildman–Crippen MR) is 120 cm³/mol. The summed E-state index contributed by atoms with van der Waals surface area (Å²) >= 11 is 0. The number of sulfonamides is 1. The minimum Gasteiger partial charge on any atom is -0.337 e. The van der Waals surface area contributed by atoms with Crippen molar-refractivity contribution in [2.45, 2.75) is 11.4 Å². The standard InChI is InChI=1S/C24H23FN2O3S/c1-3-17-27(31(29,30)22-10-5-4-6-11-22)21-15-13-19(14-16-21)24(28)26(2)18-20-9-7-8-12-23(20)25/h3-16H,1,17-18H2,2H3. The average molecular weight is 439 g/mol. The van der Waals surface area contributed by atoms with E-state index in [0.717, 1.165) is 0 Å². The molecule has 0 N–H and O–H groups in total. The first-order valence-electron chi connectivity index (χ1n) is 9.62. The summed E-state index contributed by atoms with van der Waals surface area (Å²) in [5.41, 5.74) is 1.20. The third-order valence-corrected chi connectivity index (χ3v) is 6.55. The molecule has 31 heavy (non-hydrogen) atoms. The first-order valence-corrected chi connectivity index (χ1v) is 11.1. The molecule has 0 heterocycles. The Morgan fingerprint density at radius 1 is 0.968 bits per heavy atom.